The number of nitrogens with zero attached hydrogens (tertiary/aromatic N) is 2. The summed E-state index contributed by atoms with van der Waals surface area (Å²) in [6.45, 7) is 2.01. The zero-order valence-corrected chi connectivity index (χ0v) is 5.13. The summed E-state index contributed by atoms with van der Waals surface area (Å²) >= 11 is 0. The highest BCUT2D eigenvalue weighted by atomic mass is 15.3. The third kappa shape index (κ3) is 0.543. The first-order valence-corrected chi connectivity index (χ1v) is 2.85. The minimum absolute atomic E-state index is 0.979. The Kier molecular flexibility index (Phi) is 0.704. The summed E-state index contributed by atoms with van der Waals surface area (Å²) < 4.78 is 1.88. The first-order valence-electron chi connectivity index (χ1n) is 2.85. The van der Waals surface area contributed by atoms with Crippen molar-refractivity contribution >= 4 is 5.65 Å². The standard InChI is InChI=1S/C6H7N3/c1-5-4-6-7-2-3-9(6)8-5/h2-4,8H,1H3. The summed E-state index contributed by atoms with van der Waals surface area (Å²) in [5, 5.41) is 3.09. The van der Waals surface area contributed by atoms with Gasteiger partial charge in [-0.25, -0.2) is 9.50 Å². The fraction of sp³-hybridized carbons (Fsp3) is 0.167. The van der Waals surface area contributed by atoms with Gasteiger partial charge in [0.25, 0.3) is 0 Å². The molecule has 2 aromatic rings. The van der Waals surface area contributed by atoms with Gasteiger partial charge in [0.2, 0.25) is 0 Å². The molecule has 3 heteroatoms. The van der Waals surface area contributed by atoms with Crippen molar-refractivity contribution in [2.75, 3.05) is 0 Å². The number of aromatic amines is 1. The Morgan fingerprint density at radius 3 is 3.33 bits per heavy atom. The summed E-state index contributed by atoms with van der Waals surface area (Å²) in [4.78, 5) is 4.07. The van der Waals surface area contributed by atoms with E-state index in [1.165, 1.54) is 0 Å². The number of aromatic nitrogens is 3. The van der Waals surface area contributed by atoms with Gasteiger partial charge in [-0.1, -0.05) is 0 Å². The highest BCUT2D eigenvalue weighted by Gasteiger charge is 1.93. The number of aryl methyl sites for hydroxylation is 1. The topological polar surface area (TPSA) is 33.1 Å². The molecule has 2 heterocycles. The lowest BCUT2D eigenvalue weighted by molar-refractivity contribution is 0.944. The predicted molar refractivity (Wildman–Crippen MR) is 34.3 cm³/mol. The van der Waals surface area contributed by atoms with Crippen molar-refractivity contribution in [3.05, 3.63) is 24.2 Å². The van der Waals surface area contributed by atoms with Crippen LogP contribution in [0, 0.1) is 6.92 Å². The average Bonchev–Trinajstić information content (AvgIpc) is 2.22. The van der Waals surface area contributed by atoms with Crippen molar-refractivity contribution in [2.24, 2.45) is 0 Å². The Morgan fingerprint density at radius 2 is 2.56 bits per heavy atom. The van der Waals surface area contributed by atoms with Crippen molar-refractivity contribution in [3.63, 3.8) is 0 Å². The molecule has 0 atom stereocenters. The molecule has 3 nitrogen and oxygen atoms in total. The van der Waals surface area contributed by atoms with Crippen LogP contribution in [-0.2, 0) is 0 Å². The van der Waals surface area contributed by atoms with E-state index in [1.54, 1.807) is 6.20 Å². The van der Waals surface area contributed by atoms with E-state index in [1.807, 2.05) is 23.7 Å². The van der Waals surface area contributed by atoms with Crippen LogP contribution < -0.4 is 0 Å². The average molecular weight is 121 g/mol. The second kappa shape index (κ2) is 1.37. The fourth-order valence-corrected chi connectivity index (χ4v) is 0.932. The summed E-state index contributed by atoms with van der Waals surface area (Å²) in [7, 11) is 0. The summed E-state index contributed by atoms with van der Waals surface area (Å²) in [6.07, 6.45) is 3.66. The molecular weight excluding hydrogens is 114 g/mol. The summed E-state index contributed by atoms with van der Waals surface area (Å²) in [5.41, 5.74) is 2.12. The van der Waals surface area contributed by atoms with Gasteiger partial charge in [-0.2, -0.15) is 0 Å². The molecule has 0 saturated carbocycles. The summed E-state index contributed by atoms with van der Waals surface area (Å²) in [6, 6.07) is 2.00. The number of imidazole rings is 1. The van der Waals surface area contributed by atoms with E-state index >= 15 is 0 Å². The smallest absolute Gasteiger partial charge is 0.153 e. The van der Waals surface area contributed by atoms with Gasteiger partial charge in [0.15, 0.2) is 5.65 Å². The second-order valence-electron chi connectivity index (χ2n) is 2.09. The van der Waals surface area contributed by atoms with Crippen molar-refractivity contribution < 1.29 is 0 Å². The van der Waals surface area contributed by atoms with E-state index < -0.39 is 0 Å². The largest absolute Gasteiger partial charge is 0.297 e. The fourth-order valence-electron chi connectivity index (χ4n) is 0.932. The van der Waals surface area contributed by atoms with Crippen molar-refractivity contribution in [3.8, 4) is 0 Å². The molecule has 0 saturated heterocycles. The Hall–Kier alpha value is -1.25. The molecular formula is C6H7N3. The Bertz CT molecular complexity index is 289. The van der Waals surface area contributed by atoms with Gasteiger partial charge >= 0.3 is 0 Å². The van der Waals surface area contributed by atoms with Crippen LogP contribution in [0.3, 0.4) is 0 Å². The van der Waals surface area contributed by atoms with Gasteiger partial charge in [-0.15, -0.1) is 0 Å². The molecule has 1 N–H and O–H groups in total. The van der Waals surface area contributed by atoms with Crippen LogP contribution in [0.5, 0.6) is 0 Å². The Labute approximate surface area is 52.3 Å². The molecule has 0 aliphatic carbocycles. The first-order chi connectivity index (χ1) is 4.36. The number of hydrogen-bond acceptors (Lipinski definition) is 1. The van der Waals surface area contributed by atoms with E-state index in [-0.39, 0.29) is 0 Å². The second-order valence-corrected chi connectivity index (χ2v) is 2.09. The maximum absolute atomic E-state index is 4.07. The minimum Gasteiger partial charge on any atom is -0.297 e. The van der Waals surface area contributed by atoms with Gasteiger partial charge in [-0.3, -0.25) is 5.10 Å². The number of rotatable bonds is 0. The Morgan fingerprint density at radius 1 is 1.67 bits per heavy atom. The van der Waals surface area contributed by atoms with Crippen molar-refractivity contribution in [1.29, 1.82) is 0 Å². The van der Waals surface area contributed by atoms with Crippen molar-refractivity contribution in [1.82, 2.24) is 14.6 Å². The minimum atomic E-state index is 0.979. The lowest BCUT2D eigenvalue weighted by atomic mass is 10.5. The zero-order valence-electron chi connectivity index (χ0n) is 5.13. The van der Waals surface area contributed by atoms with Gasteiger partial charge < -0.3 is 0 Å². The third-order valence-corrected chi connectivity index (χ3v) is 1.31. The molecule has 2 rings (SSSR count). The van der Waals surface area contributed by atoms with E-state index in [0.29, 0.717) is 0 Å². The maximum atomic E-state index is 4.07. The van der Waals surface area contributed by atoms with Crippen LogP contribution in [0.2, 0.25) is 0 Å². The molecule has 0 spiro atoms. The van der Waals surface area contributed by atoms with E-state index in [2.05, 4.69) is 10.1 Å². The van der Waals surface area contributed by atoms with Crippen LogP contribution in [0.25, 0.3) is 5.65 Å². The van der Waals surface area contributed by atoms with Crippen LogP contribution in [0.4, 0.5) is 0 Å². The van der Waals surface area contributed by atoms with Crippen molar-refractivity contribution in [2.45, 2.75) is 6.92 Å². The quantitative estimate of drug-likeness (QED) is 0.553. The number of fused-ring (bicyclic) bond motifs is 1. The SMILES string of the molecule is Cc1cc2nccn2[nH]1. The van der Waals surface area contributed by atoms with Gasteiger partial charge in [-0.05, 0) is 6.92 Å². The van der Waals surface area contributed by atoms with E-state index in [0.717, 1.165) is 11.3 Å². The molecule has 46 valence electrons. The normalized spacial score (nSPS) is 10.8. The van der Waals surface area contributed by atoms with Gasteiger partial charge in [0, 0.05) is 24.2 Å². The Balaban J connectivity index is 2.92. The lowest BCUT2D eigenvalue weighted by Gasteiger charge is -1.78. The summed E-state index contributed by atoms with van der Waals surface area (Å²) in [5.74, 6) is 0. The predicted octanol–water partition coefficient (Wildman–Crippen LogP) is 0.971. The molecule has 0 aromatic carbocycles. The highest BCUT2D eigenvalue weighted by molar-refractivity contribution is 5.38. The molecule has 0 bridgehead atoms. The molecule has 9 heavy (non-hydrogen) atoms. The lowest BCUT2D eigenvalue weighted by Crippen LogP contribution is -1.78. The van der Waals surface area contributed by atoms with Crippen LogP contribution in [0.1, 0.15) is 5.69 Å². The molecule has 0 unspecified atom stereocenters. The van der Waals surface area contributed by atoms with Crippen LogP contribution >= 0.6 is 0 Å². The number of H-pyrrole nitrogens is 1. The van der Waals surface area contributed by atoms with Gasteiger partial charge in [0.05, 0.1) is 0 Å². The number of nitrogens with one attached hydrogen (secondary N) is 1. The molecule has 0 amide bonds. The monoisotopic (exact) mass is 121 g/mol. The molecule has 0 aliphatic rings. The third-order valence-electron chi connectivity index (χ3n) is 1.31. The van der Waals surface area contributed by atoms with Gasteiger partial charge in [0.1, 0.15) is 0 Å². The molecule has 2 aromatic heterocycles. The van der Waals surface area contributed by atoms with E-state index in [9.17, 15) is 0 Å². The maximum Gasteiger partial charge on any atom is 0.153 e. The number of hydrogen-bond donors (Lipinski definition) is 1. The van der Waals surface area contributed by atoms with Crippen LogP contribution in [0.15, 0.2) is 18.5 Å². The molecule has 0 aliphatic heterocycles. The van der Waals surface area contributed by atoms with E-state index in [4.69, 9.17) is 0 Å². The highest BCUT2D eigenvalue weighted by Crippen LogP contribution is 2.00. The molecule has 0 radical (unpaired) electrons. The van der Waals surface area contributed by atoms with Crippen LogP contribution in [-0.4, -0.2) is 14.6 Å². The first kappa shape index (κ1) is 4.61. The zero-order chi connectivity index (χ0) is 6.27. The molecule has 0 fully saturated rings.